The van der Waals surface area contributed by atoms with Crippen molar-refractivity contribution in [3.05, 3.63) is 21.2 Å². The topological polar surface area (TPSA) is 24.9 Å². The molecule has 1 aliphatic carbocycles. The van der Waals surface area contributed by atoms with Gasteiger partial charge in [-0.1, -0.05) is 0 Å². The van der Waals surface area contributed by atoms with Crippen LogP contribution in [0.2, 0.25) is 0 Å². The summed E-state index contributed by atoms with van der Waals surface area (Å²) >= 11 is 6.84. The van der Waals surface area contributed by atoms with E-state index in [9.17, 15) is 0 Å². The fourth-order valence-electron chi connectivity index (χ4n) is 1.10. The van der Waals surface area contributed by atoms with E-state index >= 15 is 0 Å². The Hall–Kier alpha value is -0.0900. The van der Waals surface area contributed by atoms with Crippen molar-refractivity contribution in [2.24, 2.45) is 0 Å². The van der Waals surface area contributed by atoms with E-state index in [1.165, 1.54) is 12.8 Å². The molecule has 0 aromatic carbocycles. The summed E-state index contributed by atoms with van der Waals surface area (Å²) in [6.07, 6.45) is 4.27. The van der Waals surface area contributed by atoms with E-state index < -0.39 is 0 Å². The number of hydrogen-bond acceptors (Lipinski definition) is 2. The SMILES string of the molecule is CC1(Nc2ncc(Br)cc2Br)CC1. The molecule has 0 atom stereocenters. The van der Waals surface area contributed by atoms with E-state index in [0.717, 1.165) is 14.8 Å². The lowest BCUT2D eigenvalue weighted by molar-refractivity contribution is 0.819. The van der Waals surface area contributed by atoms with Gasteiger partial charge in [-0.15, -0.1) is 0 Å². The Bertz CT molecular complexity index is 334. The number of hydrogen-bond donors (Lipinski definition) is 1. The van der Waals surface area contributed by atoms with Crippen molar-refractivity contribution in [3.8, 4) is 0 Å². The van der Waals surface area contributed by atoms with Gasteiger partial charge in [0.15, 0.2) is 0 Å². The van der Waals surface area contributed by atoms with Gasteiger partial charge in [0.1, 0.15) is 5.82 Å². The Balaban J connectivity index is 2.20. The molecule has 4 heteroatoms. The van der Waals surface area contributed by atoms with Crippen LogP contribution >= 0.6 is 31.9 Å². The molecule has 1 aromatic rings. The Morgan fingerprint density at radius 2 is 2.15 bits per heavy atom. The predicted octanol–water partition coefficient (Wildman–Crippen LogP) is 3.57. The van der Waals surface area contributed by atoms with Crippen LogP contribution < -0.4 is 5.32 Å². The number of anilines is 1. The molecule has 0 spiro atoms. The lowest BCUT2D eigenvalue weighted by Crippen LogP contribution is -2.17. The van der Waals surface area contributed by atoms with Crippen molar-refractivity contribution in [3.63, 3.8) is 0 Å². The first-order valence-corrected chi connectivity index (χ1v) is 5.77. The number of halogens is 2. The molecule has 0 saturated heterocycles. The number of pyridine rings is 1. The average Bonchev–Trinajstić information content (AvgIpc) is 2.75. The second-order valence-electron chi connectivity index (χ2n) is 3.67. The third kappa shape index (κ3) is 2.23. The molecule has 0 radical (unpaired) electrons. The van der Waals surface area contributed by atoms with Crippen LogP contribution in [-0.2, 0) is 0 Å². The zero-order valence-corrected chi connectivity index (χ0v) is 10.4. The van der Waals surface area contributed by atoms with Crippen molar-refractivity contribution < 1.29 is 0 Å². The first-order chi connectivity index (χ1) is 6.09. The van der Waals surface area contributed by atoms with Gasteiger partial charge in [-0.25, -0.2) is 4.98 Å². The molecule has 1 fully saturated rings. The summed E-state index contributed by atoms with van der Waals surface area (Å²) in [5.41, 5.74) is 0.281. The molecule has 70 valence electrons. The van der Waals surface area contributed by atoms with E-state index in [4.69, 9.17) is 0 Å². The molecular formula is C9H10Br2N2. The van der Waals surface area contributed by atoms with Crippen LogP contribution in [0.4, 0.5) is 5.82 Å². The standard InChI is InChI=1S/C9H10Br2N2/c1-9(2-3-9)13-8-7(11)4-6(10)5-12-8/h4-5H,2-3H2,1H3,(H,12,13). The van der Waals surface area contributed by atoms with E-state index in [0.29, 0.717) is 0 Å². The highest BCUT2D eigenvalue weighted by atomic mass is 79.9. The van der Waals surface area contributed by atoms with Gasteiger partial charge in [-0.2, -0.15) is 0 Å². The van der Waals surface area contributed by atoms with Gasteiger partial charge in [0.2, 0.25) is 0 Å². The molecule has 13 heavy (non-hydrogen) atoms. The van der Waals surface area contributed by atoms with E-state index in [1.54, 1.807) is 6.20 Å². The zero-order valence-electron chi connectivity index (χ0n) is 7.27. The summed E-state index contributed by atoms with van der Waals surface area (Å²) in [4.78, 5) is 4.30. The minimum absolute atomic E-state index is 0.281. The molecule has 1 heterocycles. The number of aromatic nitrogens is 1. The van der Waals surface area contributed by atoms with Gasteiger partial charge in [-0.05, 0) is 57.7 Å². The lowest BCUT2D eigenvalue weighted by atomic mass is 10.3. The molecule has 0 bridgehead atoms. The quantitative estimate of drug-likeness (QED) is 0.903. The molecule has 1 aromatic heterocycles. The highest BCUT2D eigenvalue weighted by molar-refractivity contribution is 9.11. The van der Waals surface area contributed by atoms with Crippen LogP contribution in [0.5, 0.6) is 0 Å². The average molecular weight is 306 g/mol. The van der Waals surface area contributed by atoms with E-state index in [-0.39, 0.29) is 5.54 Å². The molecule has 2 nitrogen and oxygen atoms in total. The summed E-state index contributed by atoms with van der Waals surface area (Å²) < 4.78 is 2.00. The number of nitrogens with zero attached hydrogens (tertiary/aromatic N) is 1. The van der Waals surface area contributed by atoms with Gasteiger partial charge in [0, 0.05) is 16.2 Å². The Kier molecular flexibility index (Phi) is 2.36. The van der Waals surface area contributed by atoms with Crippen molar-refractivity contribution in [1.29, 1.82) is 0 Å². The molecule has 1 saturated carbocycles. The Labute approximate surface area is 94.4 Å². The van der Waals surface area contributed by atoms with Crippen LogP contribution in [0, 0.1) is 0 Å². The molecule has 0 unspecified atom stereocenters. The van der Waals surface area contributed by atoms with Gasteiger partial charge in [-0.3, -0.25) is 0 Å². The fourth-order valence-corrected chi connectivity index (χ4v) is 2.19. The normalized spacial score (nSPS) is 18.4. The predicted molar refractivity (Wildman–Crippen MR) is 60.9 cm³/mol. The third-order valence-corrected chi connectivity index (χ3v) is 3.27. The van der Waals surface area contributed by atoms with E-state index in [1.807, 2.05) is 6.07 Å². The van der Waals surface area contributed by atoms with Gasteiger partial charge >= 0.3 is 0 Å². The highest BCUT2D eigenvalue weighted by Gasteiger charge is 2.37. The van der Waals surface area contributed by atoms with Crippen LogP contribution in [0.15, 0.2) is 21.2 Å². The summed E-state index contributed by atoms with van der Waals surface area (Å²) in [6.45, 7) is 2.21. The van der Waals surface area contributed by atoms with Gasteiger partial charge in [0.25, 0.3) is 0 Å². The first-order valence-electron chi connectivity index (χ1n) is 4.18. The summed E-state index contributed by atoms with van der Waals surface area (Å²) in [6, 6.07) is 2.00. The minimum Gasteiger partial charge on any atom is -0.364 e. The summed E-state index contributed by atoms with van der Waals surface area (Å²) in [7, 11) is 0. The molecule has 0 aliphatic heterocycles. The van der Waals surface area contributed by atoms with Crippen LogP contribution in [0.3, 0.4) is 0 Å². The first kappa shape index (κ1) is 9.46. The molecule has 0 amide bonds. The monoisotopic (exact) mass is 304 g/mol. The van der Waals surface area contributed by atoms with Gasteiger partial charge in [0.05, 0.1) is 4.47 Å². The summed E-state index contributed by atoms with van der Waals surface area (Å²) in [5.74, 6) is 0.934. The van der Waals surface area contributed by atoms with E-state index in [2.05, 4.69) is 49.1 Å². The largest absolute Gasteiger partial charge is 0.364 e. The number of nitrogens with one attached hydrogen (secondary N) is 1. The third-order valence-electron chi connectivity index (χ3n) is 2.23. The molecule has 1 aliphatic rings. The maximum atomic E-state index is 4.30. The van der Waals surface area contributed by atoms with Crippen molar-refractivity contribution >= 4 is 37.7 Å². The van der Waals surface area contributed by atoms with Crippen molar-refractivity contribution in [2.45, 2.75) is 25.3 Å². The maximum Gasteiger partial charge on any atom is 0.140 e. The van der Waals surface area contributed by atoms with Crippen LogP contribution in [0.1, 0.15) is 19.8 Å². The van der Waals surface area contributed by atoms with Crippen LogP contribution in [-0.4, -0.2) is 10.5 Å². The fraction of sp³-hybridized carbons (Fsp3) is 0.444. The smallest absolute Gasteiger partial charge is 0.140 e. The van der Waals surface area contributed by atoms with Gasteiger partial charge < -0.3 is 5.32 Å². The molecular weight excluding hydrogens is 296 g/mol. The Morgan fingerprint density at radius 3 is 2.69 bits per heavy atom. The Morgan fingerprint density at radius 1 is 1.46 bits per heavy atom. The van der Waals surface area contributed by atoms with Crippen molar-refractivity contribution in [2.75, 3.05) is 5.32 Å². The second kappa shape index (κ2) is 3.24. The maximum absolute atomic E-state index is 4.30. The zero-order chi connectivity index (χ0) is 9.47. The molecule has 1 N–H and O–H groups in total. The van der Waals surface area contributed by atoms with Crippen molar-refractivity contribution in [1.82, 2.24) is 4.98 Å². The summed E-state index contributed by atoms with van der Waals surface area (Å²) in [5, 5.41) is 3.41. The number of rotatable bonds is 2. The second-order valence-corrected chi connectivity index (χ2v) is 5.44. The lowest BCUT2D eigenvalue weighted by Gasteiger charge is -2.13. The van der Waals surface area contributed by atoms with Crippen LogP contribution in [0.25, 0.3) is 0 Å². The highest BCUT2D eigenvalue weighted by Crippen LogP contribution is 2.39. The minimum atomic E-state index is 0.281. The molecule has 2 rings (SSSR count).